The number of carboxylic acid groups (broad SMARTS) is 1. The third-order valence-corrected chi connectivity index (χ3v) is 6.92. The topological polar surface area (TPSA) is 105 Å². The van der Waals surface area contributed by atoms with E-state index in [9.17, 15) is 15.0 Å². The molecule has 0 amide bonds. The zero-order valence-corrected chi connectivity index (χ0v) is 20.5. The summed E-state index contributed by atoms with van der Waals surface area (Å²) < 4.78 is 0. The number of hydrogen-bond acceptors (Lipinski definition) is 5. The van der Waals surface area contributed by atoms with E-state index in [1.165, 1.54) is 19.3 Å². The van der Waals surface area contributed by atoms with Gasteiger partial charge < -0.3 is 20.8 Å². The van der Waals surface area contributed by atoms with E-state index >= 15 is 0 Å². The van der Waals surface area contributed by atoms with Crippen LogP contribution in [0.2, 0.25) is 0 Å². The minimum Gasteiger partial charge on any atom is -0.481 e. The first-order valence-electron chi connectivity index (χ1n) is 12.3. The third kappa shape index (κ3) is 6.74. The lowest BCUT2D eigenvalue weighted by Crippen LogP contribution is -2.47. The van der Waals surface area contributed by atoms with Gasteiger partial charge in [-0.1, -0.05) is 32.3 Å². The molecule has 3 rings (SSSR count). The first kappa shape index (κ1) is 25.6. The van der Waals surface area contributed by atoms with Gasteiger partial charge in [0.05, 0.1) is 41.1 Å². The normalized spacial score (nSPS) is 16.3. The maximum atomic E-state index is 11.4. The first-order chi connectivity index (χ1) is 16.2. The largest absolute Gasteiger partial charge is 0.481 e. The van der Waals surface area contributed by atoms with Crippen LogP contribution in [0.25, 0.3) is 0 Å². The molecular formula is C28H37N3O3. The lowest BCUT2D eigenvalue weighted by atomic mass is 9.77. The number of anilines is 3. The molecule has 6 nitrogen and oxygen atoms in total. The van der Waals surface area contributed by atoms with Crippen LogP contribution in [0.4, 0.5) is 17.1 Å². The molecule has 2 atom stereocenters. The highest BCUT2D eigenvalue weighted by Crippen LogP contribution is 2.37. The van der Waals surface area contributed by atoms with Crippen molar-refractivity contribution >= 4 is 23.0 Å². The standard InChI is InChI=1S/C28H37N3O3/c1-4-20(17-26(32)33)22-12-15-24(25(16-22)30-23-13-10-19(18-29)11-14-23)31-27(28(2,3)34)21-8-6-5-7-9-21/h10-16,20-21,27,30-31,34H,4-9,17H2,1-3H3,(H,32,33)/t20?,27-/m1/s1. The van der Waals surface area contributed by atoms with E-state index in [2.05, 4.69) is 16.7 Å². The Morgan fingerprint density at radius 3 is 2.35 bits per heavy atom. The van der Waals surface area contributed by atoms with Gasteiger partial charge in [0.2, 0.25) is 0 Å². The Hall–Kier alpha value is -3.04. The third-order valence-electron chi connectivity index (χ3n) is 6.92. The average Bonchev–Trinajstić information content (AvgIpc) is 2.82. The molecule has 1 unspecified atom stereocenters. The van der Waals surface area contributed by atoms with Crippen LogP contribution < -0.4 is 10.6 Å². The molecule has 1 aliphatic rings. The van der Waals surface area contributed by atoms with E-state index < -0.39 is 11.6 Å². The van der Waals surface area contributed by atoms with E-state index in [0.717, 1.165) is 41.9 Å². The molecule has 1 fully saturated rings. The Kier molecular flexibility index (Phi) is 8.57. The van der Waals surface area contributed by atoms with E-state index in [-0.39, 0.29) is 18.4 Å². The second kappa shape index (κ2) is 11.4. The van der Waals surface area contributed by atoms with Crippen molar-refractivity contribution in [3.63, 3.8) is 0 Å². The van der Waals surface area contributed by atoms with Crippen LogP contribution in [-0.4, -0.2) is 27.8 Å². The second-order valence-electron chi connectivity index (χ2n) is 10.00. The lowest BCUT2D eigenvalue weighted by molar-refractivity contribution is -0.137. The predicted molar refractivity (Wildman–Crippen MR) is 136 cm³/mol. The number of aliphatic carboxylic acids is 1. The van der Waals surface area contributed by atoms with Crippen LogP contribution in [0.15, 0.2) is 42.5 Å². The highest BCUT2D eigenvalue weighted by atomic mass is 16.4. The Labute approximate surface area is 203 Å². The molecule has 0 aliphatic heterocycles. The molecule has 182 valence electrons. The van der Waals surface area contributed by atoms with Crippen molar-refractivity contribution in [2.24, 2.45) is 5.92 Å². The quantitative estimate of drug-likeness (QED) is 0.325. The fourth-order valence-electron chi connectivity index (χ4n) is 5.04. The molecule has 4 N–H and O–H groups in total. The summed E-state index contributed by atoms with van der Waals surface area (Å²) in [4.78, 5) is 11.4. The monoisotopic (exact) mass is 463 g/mol. The number of benzene rings is 2. The van der Waals surface area contributed by atoms with Gasteiger partial charge in [-0.15, -0.1) is 0 Å². The summed E-state index contributed by atoms with van der Waals surface area (Å²) in [6.45, 7) is 5.73. The van der Waals surface area contributed by atoms with Gasteiger partial charge in [0.1, 0.15) is 0 Å². The van der Waals surface area contributed by atoms with Gasteiger partial charge in [0, 0.05) is 5.69 Å². The van der Waals surface area contributed by atoms with Crippen LogP contribution in [-0.2, 0) is 4.79 Å². The summed E-state index contributed by atoms with van der Waals surface area (Å²) in [6.07, 6.45) is 6.60. The van der Waals surface area contributed by atoms with Crippen LogP contribution in [0.1, 0.15) is 82.8 Å². The number of hydrogen-bond donors (Lipinski definition) is 4. The molecule has 0 heterocycles. The van der Waals surface area contributed by atoms with Gasteiger partial charge in [0.25, 0.3) is 0 Å². The van der Waals surface area contributed by atoms with Gasteiger partial charge in [-0.05, 0) is 86.9 Å². The van der Waals surface area contributed by atoms with E-state index in [1.54, 1.807) is 12.1 Å². The van der Waals surface area contributed by atoms with Gasteiger partial charge >= 0.3 is 5.97 Å². The molecule has 1 saturated carbocycles. The number of nitriles is 1. The number of aliphatic hydroxyl groups is 1. The van der Waals surface area contributed by atoms with Gasteiger partial charge in [-0.2, -0.15) is 5.26 Å². The van der Waals surface area contributed by atoms with Crippen molar-refractivity contribution < 1.29 is 15.0 Å². The van der Waals surface area contributed by atoms with Crippen LogP contribution >= 0.6 is 0 Å². The molecule has 34 heavy (non-hydrogen) atoms. The summed E-state index contributed by atoms with van der Waals surface area (Å²) in [6, 6.07) is 15.3. The van der Waals surface area contributed by atoms with Crippen LogP contribution in [0.3, 0.4) is 0 Å². The van der Waals surface area contributed by atoms with Crippen molar-refractivity contribution in [1.29, 1.82) is 5.26 Å². The number of carboxylic acids is 1. The minimum atomic E-state index is -0.901. The molecule has 6 heteroatoms. The molecular weight excluding hydrogens is 426 g/mol. The van der Waals surface area contributed by atoms with Crippen LogP contribution in [0, 0.1) is 17.2 Å². The summed E-state index contributed by atoms with van der Waals surface area (Å²) in [5.74, 6) is -0.516. The van der Waals surface area contributed by atoms with Gasteiger partial charge in [-0.3, -0.25) is 4.79 Å². The Bertz CT molecular complexity index is 999. The predicted octanol–water partition coefficient (Wildman–Crippen LogP) is 6.40. The molecule has 2 aromatic carbocycles. The number of rotatable bonds is 10. The molecule has 0 bridgehead atoms. The second-order valence-corrected chi connectivity index (χ2v) is 10.00. The van der Waals surface area contributed by atoms with E-state index in [4.69, 9.17) is 5.26 Å². The Balaban J connectivity index is 1.97. The fraction of sp³-hybridized carbons (Fsp3) is 0.500. The summed E-state index contributed by atoms with van der Waals surface area (Å²) >= 11 is 0. The number of nitrogens with one attached hydrogen (secondary N) is 2. The number of nitrogens with zero attached hydrogens (tertiary/aromatic N) is 1. The Morgan fingerprint density at radius 2 is 1.79 bits per heavy atom. The highest BCUT2D eigenvalue weighted by Gasteiger charge is 2.35. The molecule has 2 aromatic rings. The maximum Gasteiger partial charge on any atom is 0.303 e. The minimum absolute atomic E-state index is 0.0773. The zero-order valence-electron chi connectivity index (χ0n) is 20.5. The smallest absolute Gasteiger partial charge is 0.303 e. The fourth-order valence-corrected chi connectivity index (χ4v) is 5.04. The van der Waals surface area contributed by atoms with Crippen molar-refractivity contribution in [2.45, 2.75) is 83.3 Å². The number of carbonyl (C=O) groups is 1. The molecule has 0 aromatic heterocycles. The van der Waals surface area contributed by atoms with Gasteiger partial charge in [0.15, 0.2) is 0 Å². The van der Waals surface area contributed by atoms with Crippen molar-refractivity contribution in [2.75, 3.05) is 10.6 Å². The van der Waals surface area contributed by atoms with Crippen molar-refractivity contribution in [1.82, 2.24) is 0 Å². The van der Waals surface area contributed by atoms with Crippen molar-refractivity contribution in [3.8, 4) is 6.07 Å². The van der Waals surface area contributed by atoms with Crippen molar-refractivity contribution in [3.05, 3.63) is 53.6 Å². The molecule has 0 spiro atoms. The van der Waals surface area contributed by atoms with Crippen LogP contribution in [0.5, 0.6) is 0 Å². The highest BCUT2D eigenvalue weighted by molar-refractivity contribution is 5.76. The molecule has 0 saturated heterocycles. The van der Waals surface area contributed by atoms with Gasteiger partial charge in [-0.25, -0.2) is 0 Å². The average molecular weight is 464 g/mol. The molecule has 1 aliphatic carbocycles. The summed E-state index contributed by atoms with van der Waals surface area (Å²) in [5, 5.41) is 36.6. The molecule has 0 radical (unpaired) electrons. The lowest BCUT2D eigenvalue weighted by Gasteiger charge is -2.39. The Morgan fingerprint density at radius 1 is 1.12 bits per heavy atom. The SMILES string of the molecule is CCC(CC(=O)O)c1ccc(N[C@H](C2CCCCC2)C(C)(C)O)c(Nc2ccc(C#N)cc2)c1. The first-order valence-corrected chi connectivity index (χ1v) is 12.3. The summed E-state index contributed by atoms with van der Waals surface area (Å²) in [5.41, 5.74) is 3.19. The van der Waals surface area contributed by atoms with E-state index in [1.807, 2.05) is 51.1 Å². The maximum absolute atomic E-state index is 11.4. The van der Waals surface area contributed by atoms with E-state index in [0.29, 0.717) is 11.5 Å². The zero-order chi connectivity index (χ0) is 24.7. The summed E-state index contributed by atoms with van der Waals surface area (Å²) in [7, 11) is 0.